The normalized spacial score (nSPS) is 13.1. The maximum atomic E-state index is 12.2. The molecular weight excluding hydrogens is 264 g/mol. The summed E-state index contributed by atoms with van der Waals surface area (Å²) in [6, 6.07) is 11.1. The Hall–Kier alpha value is -2.71. The van der Waals surface area contributed by atoms with Gasteiger partial charge in [0.05, 0.1) is 5.56 Å². The van der Waals surface area contributed by atoms with Gasteiger partial charge in [0.1, 0.15) is 11.8 Å². The van der Waals surface area contributed by atoms with Crippen molar-refractivity contribution in [3.8, 4) is 6.07 Å². The van der Waals surface area contributed by atoms with Crippen LogP contribution < -0.4 is 10.6 Å². The van der Waals surface area contributed by atoms with Crippen LogP contribution in [0.4, 0.5) is 5.69 Å². The van der Waals surface area contributed by atoms with Crippen LogP contribution in [0.1, 0.15) is 27.2 Å². The Balaban J connectivity index is 1.83. The van der Waals surface area contributed by atoms with Gasteiger partial charge in [-0.15, -0.1) is 0 Å². The minimum atomic E-state index is -0.265. The fourth-order valence-corrected chi connectivity index (χ4v) is 2.41. The zero-order chi connectivity index (χ0) is 14.7. The van der Waals surface area contributed by atoms with Crippen molar-refractivity contribution in [2.24, 2.45) is 0 Å². The molecule has 1 aliphatic rings. The van der Waals surface area contributed by atoms with E-state index in [0.717, 1.165) is 30.8 Å². The molecule has 3 rings (SSSR count). The number of rotatable bonds is 2. The van der Waals surface area contributed by atoms with Gasteiger partial charge in [0.2, 0.25) is 0 Å². The number of hydrogen-bond acceptors (Lipinski definition) is 4. The van der Waals surface area contributed by atoms with Crippen LogP contribution in [-0.2, 0) is 13.0 Å². The first-order valence-electron chi connectivity index (χ1n) is 6.77. The summed E-state index contributed by atoms with van der Waals surface area (Å²) < 4.78 is 0. The molecule has 2 heterocycles. The van der Waals surface area contributed by atoms with E-state index in [1.54, 1.807) is 12.1 Å². The molecule has 2 aromatic rings. The molecule has 1 aromatic carbocycles. The Kier molecular flexibility index (Phi) is 3.63. The van der Waals surface area contributed by atoms with E-state index in [4.69, 9.17) is 5.26 Å². The number of nitrogens with zero attached hydrogens (tertiary/aromatic N) is 2. The number of benzene rings is 1. The molecule has 0 spiro atoms. The van der Waals surface area contributed by atoms with Crippen LogP contribution in [0, 0.1) is 11.3 Å². The largest absolute Gasteiger partial charge is 0.320 e. The van der Waals surface area contributed by atoms with Crippen molar-refractivity contribution in [1.29, 1.82) is 5.26 Å². The highest BCUT2D eigenvalue weighted by Gasteiger charge is 2.15. The smallest absolute Gasteiger partial charge is 0.274 e. The van der Waals surface area contributed by atoms with E-state index in [1.807, 2.05) is 18.2 Å². The number of nitriles is 1. The Morgan fingerprint density at radius 2 is 2.24 bits per heavy atom. The maximum absolute atomic E-state index is 12.2. The van der Waals surface area contributed by atoms with Gasteiger partial charge in [0, 0.05) is 18.4 Å². The molecule has 5 heteroatoms. The molecule has 0 saturated heterocycles. The molecular formula is C16H14N4O. The Morgan fingerprint density at radius 3 is 3.00 bits per heavy atom. The number of anilines is 1. The summed E-state index contributed by atoms with van der Waals surface area (Å²) in [6.45, 7) is 1.72. The highest BCUT2D eigenvalue weighted by atomic mass is 16.1. The predicted molar refractivity (Wildman–Crippen MR) is 78.8 cm³/mol. The minimum absolute atomic E-state index is 0.265. The highest BCUT2D eigenvalue weighted by molar-refractivity contribution is 6.03. The van der Waals surface area contributed by atoms with Crippen molar-refractivity contribution >= 4 is 11.6 Å². The Labute approximate surface area is 122 Å². The van der Waals surface area contributed by atoms with Crippen molar-refractivity contribution in [2.45, 2.75) is 13.0 Å². The molecule has 1 aliphatic heterocycles. The van der Waals surface area contributed by atoms with Gasteiger partial charge in [0.25, 0.3) is 5.91 Å². The molecule has 0 bridgehead atoms. The summed E-state index contributed by atoms with van der Waals surface area (Å²) in [5.74, 6) is -0.265. The fraction of sp³-hybridized carbons (Fsp3) is 0.188. The first-order chi connectivity index (χ1) is 10.3. The van der Waals surface area contributed by atoms with Gasteiger partial charge >= 0.3 is 0 Å². The highest BCUT2D eigenvalue weighted by Crippen LogP contribution is 2.23. The number of aromatic nitrogens is 1. The van der Waals surface area contributed by atoms with Gasteiger partial charge < -0.3 is 10.6 Å². The van der Waals surface area contributed by atoms with Gasteiger partial charge in [-0.3, -0.25) is 4.79 Å². The van der Waals surface area contributed by atoms with Gasteiger partial charge in [0.15, 0.2) is 0 Å². The van der Waals surface area contributed by atoms with Crippen molar-refractivity contribution in [2.75, 3.05) is 11.9 Å². The molecule has 0 fully saturated rings. The quantitative estimate of drug-likeness (QED) is 0.878. The van der Waals surface area contributed by atoms with Gasteiger partial charge in [-0.05, 0) is 42.3 Å². The number of carbonyl (C=O) groups excluding carboxylic acids is 1. The Morgan fingerprint density at radius 1 is 1.33 bits per heavy atom. The van der Waals surface area contributed by atoms with Crippen LogP contribution in [0.15, 0.2) is 36.5 Å². The van der Waals surface area contributed by atoms with Crippen LogP contribution in [0.25, 0.3) is 0 Å². The zero-order valence-electron chi connectivity index (χ0n) is 11.4. The zero-order valence-corrected chi connectivity index (χ0v) is 11.4. The number of amides is 1. The lowest BCUT2D eigenvalue weighted by molar-refractivity contribution is 0.102. The van der Waals surface area contributed by atoms with E-state index in [0.29, 0.717) is 11.3 Å². The van der Waals surface area contributed by atoms with Crippen molar-refractivity contribution in [1.82, 2.24) is 10.3 Å². The summed E-state index contributed by atoms with van der Waals surface area (Å²) in [5.41, 5.74) is 3.95. The summed E-state index contributed by atoms with van der Waals surface area (Å²) in [6.07, 6.45) is 2.37. The molecule has 5 nitrogen and oxygen atoms in total. The molecule has 104 valence electrons. The first-order valence-corrected chi connectivity index (χ1v) is 6.77. The molecule has 1 aromatic heterocycles. The molecule has 0 atom stereocenters. The van der Waals surface area contributed by atoms with Crippen LogP contribution in [0.5, 0.6) is 0 Å². The molecule has 0 unspecified atom stereocenters. The van der Waals surface area contributed by atoms with E-state index in [1.165, 1.54) is 11.8 Å². The van der Waals surface area contributed by atoms with Crippen molar-refractivity contribution in [3.63, 3.8) is 0 Å². The second-order valence-corrected chi connectivity index (χ2v) is 4.87. The van der Waals surface area contributed by atoms with E-state index in [2.05, 4.69) is 21.7 Å². The van der Waals surface area contributed by atoms with Gasteiger partial charge in [-0.1, -0.05) is 12.1 Å². The number of nitrogens with one attached hydrogen (secondary N) is 2. The number of pyridine rings is 1. The molecule has 0 saturated carbocycles. The topological polar surface area (TPSA) is 77.8 Å². The van der Waals surface area contributed by atoms with E-state index in [-0.39, 0.29) is 5.91 Å². The van der Waals surface area contributed by atoms with Crippen LogP contribution in [-0.4, -0.2) is 17.4 Å². The van der Waals surface area contributed by atoms with Gasteiger partial charge in [-0.2, -0.15) is 5.26 Å². The average Bonchev–Trinajstić information content (AvgIpc) is 2.55. The third-order valence-corrected chi connectivity index (χ3v) is 3.52. The summed E-state index contributed by atoms with van der Waals surface area (Å²) >= 11 is 0. The maximum Gasteiger partial charge on any atom is 0.274 e. The molecule has 2 N–H and O–H groups in total. The lowest BCUT2D eigenvalue weighted by atomic mass is 9.99. The summed E-state index contributed by atoms with van der Waals surface area (Å²) in [7, 11) is 0. The molecule has 21 heavy (non-hydrogen) atoms. The van der Waals surface area contributed by atoms with Crippen molar-refractivity contribution in [3.05, 3.63) is 58.9 Å². The van der Waals surface area contributed by atoms with Gasteiger partial charge in [-0.25, -0.2) is 4.98 Å². The SMILES string of the molecule is N#Cc1ccc(C(=O)Nc2cccc3c2CNCC3)nc1. The van der Waals surface area contributed by atoms with E-state index in [9.17, 15) is 4.79 Å². The number of fused-ring (bicyclic) bond motifs is 1. The molecule has 0 radical (unpaired) electrons. The summed E-state index contributed by atoms with van der Waals surface area (Å²) in [5, 5.41) is 14.9. The van der Waals surface area contributed by atoms with E-state index >= 15 is 0 Å². The van der Waals surface area contributed by atoms with Crippen LogP contribution >= 0.6 is 0 Å². The third kappa shape index (κ3) is 2.76. The fourth-order valence-electron chi connectivity index (χ4n) is 2.41. The minimum Gasteiger partial charge on any atom is -0.320 e. The predicted octanol–water partition coefficient (Wildman–Crippen LogP) is 1.85. The lowest BCUT2D eigenvalue weighted by Crippen LogP contribution is -2.25. The Bertz CT molecular complexity index is 716. The van der Waals surface area contributed by atoms with Crippen LogP contribution in [0.3, 0.4) is 0 Å². The van der Waals surface area contributed by atoms with E-state index < -0.39 is 0 Å². The number of hydrogen-bond donors (Lipinski definition) is 2. The molecule has 0 aliphatic carbocycles. The molecule has 1 amide bonds. The monoisotopic (exact) mass is 278 g/mol. The third-order valence-electron chi connectivity index (χ3n) is 3.52. The standard InChI is InChI=1S/C16H14N4O/c17-8-11-4-5-15(19-9-11)16(21)20-14-3-1-2-12-6-7-18-10-13(12)14/h1-5,9,18H,6-7,10H2,(H,20,21). The lowest BCUT2D eigenvalue weighted by Gasteiger charge is -2.20. The second-order valence-electron chi connectivity index (χ2n) is 4.87. The number of carbonyl (C=O) groups is 1. The van der Waals surface area contributed by atoms with Crippen molar-refractivity contribution < 1.29 is 4.79 Å². The average molecular weight is 278 g/mol. The first kappa shape index (κ1) is 13.3. The second kappa shape index (κ2) is 5.73. The summed E-state index contributed by atoms with van der Waals surface area (Å²) in [4.78, 5) is 16.2. The van der Waals surface area contributed by atoms with Crippen LogP contribution in [0.2, 0.25) is 0 Å².